The summed E-state index contributed by atoms with van der Waals surface area (Å²) in [6.45, 7) is 0.655. The van der Waals surface area contributed by atoms with Crippen molar-refractivity contribution in [2.24, 2.45) is 0 Å². The maximum atomic E-state index is 13.0. The Morgan fingerprint density at radius 3 is 3.00 bits per heavy atom. The number of carbonyl (C=O) groups excluding carboxylic acids is 1. The van der Waals surface area contributed by atoms with Crippen LogP contribution in [-0.4, -0.2) is 43.6 Å². The molecule has 0 spiro atoms. The van der Waals surface area contributed by atoms with Crippen molar-refractivity contribution in [1.29, 1.82) is 0 Å². The second-order valence-electron chi connectivity index (χ2n) is 5.85. The van der Waals surface area contributed by atoms with Gasteiger partial charge in [-0.1, -0.05) is 0 Å². The molecule has 0 saturated heterocycles. The first kappa shape index (κ1) is 15.7. The van der Waals surface area contributed by atoms with Gasteiger partial charge in [-0.2, -0.15) is 0 Å². The van der Waals surface area contributed by atoms with Gasteiger partial charge in [0.25, 0.3) is 5.91 Å². The van der Waals surface area contributed by atoms with Gasteiger partial charge in [-0.15, -0.1) is 11.3 Å². The zero-order chi connectivity index (χ0) is 18.4. The Bertz CT molecular complexity index is 1160. The van der Waals surface area contributed by atoms with Crippen LogP contribution >= 0.6 is 11.3 Å². The molecule has 2 N–H and O–H groups in total. The van der Waals surface area contributed by atoms with Crippen LogP contribution in [0.1, 0.15) is 10.4 Å². The Labute approximate surface area is 157 Å². The lowest BCUT2D eigenvalue weighted by Gasteiger charge is -2.20. The molecule has 0 aromatic carbocycles. The van der Waals surface area contributed by atoms with E-state index in [4.69, 9.17) is 10.5 Å². The highest BCUT2D eigenvalue weighted by Gasteiger charge is 2.29. The number of nitrogens with two attached hydrogens (primary N) is 1. The molecule has 134 valence electrons. The Kier molecular flexibility index (Phi) is 3.50. The smallest absolute Gasteiger partial charge is 0.267 e. The van der Waals surface area contributed by atoms with Crippen LogP contribution in [0.5, 0.6) is 5.88 Å². The third kappa shape index (κ3) is 2.49. The molecule has 9 nitrogen and oxygen atoms in total. The molecule has 1 amide bonds. The number of amides is 1. The number of fused-ring (bicyclic) bond motifs is 2. The second kappa shape index (κ2) is 6.02. The summed E-state index contributed by atoms with van der Waals surface area (Å²) in [5.74, 6) is 0.000857. The summed E-state index contributed by atoms with van der Waals surface area (Å²) >= 11 is 1.53. The molecule has 1 aliphatic rings. The lowest BCUT2D eigenvalue weighted by Crippen LogP contribution is -2.32. The molecule has 0 unspecified atom stereocenters. The minimum atomic E-state index is -0.305. The van der Waals surface area contributed by atoms with Crippen LogP contribution in [0.25, 0.3) is 16.2 Å². The normalized spacial score (nSPS) is 14.1. The van der Waals surface area contributed by atoms with Gasteiger partial charge in [0.1, 0.15) is 30.0 Å². The molecular weight excluding hydrogens is 366 g/mol. The largest absolute Gasteiger partial charge is 0.475 e. The minimum Gasteiger partial charge on any atom is -0.475 e. The molecule has 0 bridgehead atoms. The standard InChI is InChI=1S/C17H13N7O2S/c18-13-12-15(22-9-21-13)26-5-4-23(16(12)25)11-7-10-1-3-24(14(10)20-8-11)17-19-2-6-27-17/h1-3,6-9H,4-5H2,(H2,18,21,22). The summed E-state index contributed by atoms with van der Waals surface area (Å²) in [6.07, 6.45) is 6.61. The highest BCUT2D eigenvalue weighted by Crippen LogP contribution is 2.29. The Morgan fingerprint density at radius 1 is 1.22 bits per heavy atom. The number of rotatable bonds is 2. The molecule has 1 aliphatic heterocycles. The van der Waals surface area contributed by atoms with E-state index in [1.165, 1.54) is 17.7 Å². The molecule has 4 aromatic heterocycles. The first-order valence-corrected chi connectivity index (χ1v) is 9.02. The van der Waals surface area contributed by atoms with E-state index in [1.54, 1.807) is 17.3 Å². The zero-order valence-corrected chi connectivity index (χ0v) is 14.8. The van der Waals surface area contributed by atoms with Crippen molar-refractivity contribution in [1.82, 2.24) is 24.5 Å². The van der Waals surface area contributed by atoms with E-state index in [9.17, 15) is 4.79 Å². The van der Waals surface area contributed by atoms with Crippen LogP contribution in [0, 0.1) is 0 Å². The maximum Gasteiger partial charge on any atom is 0.267 e. The molecule has 0 radical (unpaired) electrons. The first-order valence-electron chi connectivity index (χ1n) is 8.14. The molecule has 0 aliphatic carbocycles. The lowest BCUT2D eigenvalue weighted by atomic mass is 10.2. The van der Waals surface area contributed by atoms with Gasteiger partial charge < -0.3 is 15.4 Å². The summed E-state index contributed by atoms with van der Waals surface area (Å²) < 4.78 is 7.48. The van der Waals surface area contributed by atoms with Crippen molar-refractivity contribution in [3.05, 3.63) is 48.0 Å². The van der Waals surface area contributed by atoms with Gasteiger partial charge in [0.2, 0.25) is 5.88 Å². The summed E-state index contributed by atoms with van der Waals surface area (Å²) in [4.78, 5) is 31.4. The van der Waals surface area contributed by atoms with Gasteiger partial charge in [-0.05, 0) is 12.1 Å². The number of thiazole rings is 1. The fourth-order valence-electron chi connectivity index (χ4n) is 3.06. The average molecular weight is 379 g/mol. The average Bonchev–Trinajstić information content (AvgIpc) is 3.30. The number of hydrogen-bond acceptors (Lipinski definition) is 8. The zero-order valence-electron chi connectivity index (χ0n) is 13.9. The van der Waals surface area contributed by atoms with Gasteiger partial charge in [-0.3, -0.25) is 9.36 Å². The molecule has 4 aromatic rings. The second-order valence-corrected chi connectivity index (χ2v) is 6.72. The van der Waals surface area contributed by atoms with Gasteiger partial charge in [-0.25, -0.2) is 19.9 Å². The van der Waals surface area contributed by atoms with Gasteiger partial charge in [0.05, 0.1) is 18.4 Å². The van der Waals surface area contributed by atoms with Crippen LogP contribution in [0.2, 0.25) is 0 Å². The van der Waals surface area contributed by atoms with Crippen LogP contribution in [0.4, 0.5) is 11.5 Å². The van der Waals surface area contributed by atoms with E-state index in [-0.39, 0.29) is 23.2 Å². The lowest BCUT2D eigenvalue weighted by molar-refractivity contribution is 0.0990. The molecule has 0 fully saturated rings. The predicted octanol–water partition coefficient (Wildman–Crippen LogP) is 1.89. The minimum absolute atomic E-state index is 0.0980. The van der Waals surface area contributed by atoms with Crippen molar-refractivity contribution >= 4 is 39.8 Å². The summed E-state index contributed by atoms with van der Waals surface area (Å²) in [7, 11) is 0. The monoisotopic (exact) mass is 379 g/mol. The first-order chi connectivity index (χ1) is 13.2. The molecule has 0 atom stereocenters. The van der Waals surface area contributed by atoms with E-state index in [1.807, 2.05) is 28.3 Å². The van der Waals surface area contributed by atoms with Crippen molar-refractivity contribution in [2.75, 3.05) is 23.8 Å². The Morgan fingerprint density at radius 2 is 2.15 bits per heavy atom. The predicted molar refractivity (Wildman–Crippen MR) is 100 cm³/mol. The van der Waals surface area contributed by atoms with Crippen LogP contribution in [0.15, 0.2) is 42.4 Å². The van der Waals surface area contributed by atoms with E-state index in [0.29, 0.717) is 18.8 Å². The Balaban J connectivity index is 1.57. The number of anilines is 2. The topological polar surface area (TPSA) is 112 Å². The van der Waals surface area contributed by atoms with Crippen molar-refractivity contribution in [3.63, 3.8) is 0 Å². The quantitative estimate of drug-likeness (QED) is 0.566. The van der Waals surface area contributed by atoms with Crippen LogP contribution in [-0.2, 0) is 0 Å². The molecule has 5 rings (SSSR count). The van der Waals surface area contributed by atoms with Crippen molar-refractivity contribution < 1.29 is 9.53 Å². The van der Waals surface area contributed by atoms with E-state index < -0.39 is 0 Å². The number of aromatic nitrogens is 5. The third-order valence-electron chi connectivity index (χ3n) is 4.30. The summed E-state index contributed by atoms with van der Waals surface area (Å²) in [6, 6.07) is 3.85. The highest BCUT2D eigenvalue weighted by atomic mass is 32.1. The van der Waals surface area contributed by atoms with Crippen molar-refractivity contribution in [3.8, 4) is 11.0 Å². The van der Waals surface area contributed by atoms with E-state index >= 15 is 0 Å². The molecular formula is C17H13N7O2S. The van der Waals surface area contributed by atoms with E-state index in [2.05, 4.69) is 19.9 Å². The number of nitrogen functional groups attached to an aromatic ring is 1. The molecule has 5 heterocycles. The molecule has 10 heteroatoms. The molecule has 0 saturated carbocycles. The summed E-state index contributed by atoms with van der Waals surface area (Å²) in [5, 5.41) is 3.65. The number of hydrogen-bond donors (Lipinski definition) is 1. The maximum absolute atomic E-state index is 13.0. The number of ether oxygens (including phenoxy) is 1. The van der Waals surface area contributed by atoms with Gasteiger partial charge in [0.15, 0.2) is 5.13 Å². The van der Waals surface area contributed by atoms with Gasteiger partial charge in [0, 0.05) is 23.2 Å². The van der Waals surface area contributed by atoms with Gasteiger partial charge >= 0.3 is 0 Å². The molecule has 27 heavy (non-hydrogen) atoms. The third-order valence-corrected chi connectivity index (χ3v) is 5.07. The van der Waals surface area contributed by atoms with E-state index in [0.717, 1.165) is 16.2 Å². The fourth-order valence-corrected chi connectivity index (χ4v) is 3.68. The van der Waals surface area contributed by atoms with Crippen molar-refractivity contribution in [2.45, 2.75) is 0 Å². The number of pyridine rings is 1. The Hall–Kier alpha value is -3.53. The number of nitrogens with zero attached hydrogens (tertiary/aromatic N) is 6. The highest BCUT2D eigenvalue weighted by molar-refractivity contribution is 7.12. The fraction of sp³-hybridized carbons (Fsp3) is 0.118. The van der Waals surface area contributed by atoms with Crippen LogP contribution < -0.4 is 15.4 Å². The number of carbonyl (C=O) groups is 1. The summed E-state index contributed by atoms with van der Waals surface area (Å²) in [5.41, 5.74) is 7.49. The SMILES string of the molecule is Nc1ncnc2c1C(=O)N(c1cnc3c(ccn3-c3nccs3)c1)CCO2. The van der Waals surface area contributed by atoms with Crippen LogP contribution in [0.3, 0.4) is 0 Å².